The van der Waals surface area contributed by atoms with Crippen molar-refractivity contribution in [3.05, 3.63) is 65.8 Å². The normalized spacial score (nSPS) is 10.4. The van der Waals surface area contributed by atoms with E-state index in [0.717, 1.165) is 6.08 Å². The van der Waals surface area contributed by atoms with Gasteiger partial charge < -0.3 is 25.6 Å². The molecule has 0 aliphatic carbocycles. The molecule has 1 aromatic heterocycles. The Balaban J connectivity index is 1.90. The lowest BCUT2D eigenvalue weighted by molar-refractivity contribution is -0.116. The summed E-state index contributed by atoms with van der Waals surface area (Å²) in [5, 5.41) is 8.99. The molecule has 188 valence electrons. The number of amides is 2. The molecule has 2 amide bonds. The fourth-order valence-electron chi connectivity index (χ4n) is 3.38. The molecule has 36 heavy (non-hydrogen) atoms. The van der Waals surface area contributed by atoms with Crippen LogP contribution in [0.3, 0.4) is 0 Å². The molecule has 0 saturated heterocycles. The largest absolute Gasteiger partial charge is 0.497 e. The number of hydrogen-bond donors (Lipinski definition) is 3. The summed E-state index contributed by atoms with van der Waals surface area (Å²) in [5.41, 5.74) is 2.29. The molecule has 9 nitrogen and oxygen atoms in total. The highest BCUT2D eigenvalue weighted by Gasteiger charge is 2.15. The predicted octanol–water partition coefficient (Wildman–Crippen LogP) is 5.59. The quantitative estimate of drug-likeness (QED) is 0.304. The minimum absolute atomic E-state index is 0.137. The first-order valence-corrected chi connectivity index (χ1v) is 11.3. The van der Waals surface area contributed by atoms with Crippen molar-refractivity contribution in [1.82, 2.24) is 9.97 Å². The summed E-state index contributed by atoms with van der Waals surface area (Å²) >= 11 is 6.31. The number of carbonyl (C=O) groups is 2. The van der Waals surface area contributed by atoms with Crippen molar-refractivity contribution >= 4 is 57.9 Å². The van der Waals surface area contributed by atoms with Crippen LogP contribution in [0.15, 0.2) is 55.3 Å². The van der Waals surface area contributed by atoms with Crippen molar-refractivity contribution in [3.8, 4) is 5.75 Å². The van der Waals surface area contributed by atoms with Gasteiger partial charge in [-0.05, 0) is 43.3 Å². The lowest BCUT2D eigenvalue weighted by Gasteiger charge is -2.21. The number of benzene rings is 2. The van der Waals surface area contributed by atoms with Crippen molar-refractivity contribution in [1.29, 1.82) is 0 Å². The number of rotatable bonds is 10. The van der Waals surface area contributed by atoms with Crippen molar-refractivity contribution in [2.24, 2.45) is 0 Å². The van der Waals surface area contributed by atoms with Crippen LogP contribution in [0.25, 0.3) is 0 Å². The van der Waals surface area contributed by atoms with Gasteiger partial charge in [-0.3, -0.25) is 9.59 Å². The first kappa shape index (κ1) is 26.4. The first-order chi connectivity index (χ1) is 17.3. The lowest BCUT2D eigenvalue weighted by atomic mass is 10.1. The third-order valence-electron chi connectivity index (χ3n) is 5.15. The molecule has 3 aromatic rings. The fraction of sp³-hybridized carbons (Fsp3) is 0.200. The van der Waals surface area contributed by atoms with E-state index in [1.54, 1.807) is 41.3 Å². The van der Waals surface area contributed by atoms with Gasteiger partial charge in [0.1, 0.15) is 17.4 Å². The predicted molar refractivity (Wildman–Crippen MR) is 140 cm³/mol. The molecule has 0 saturated carbocycles. The van der Waals surface area contributed by atoms with Gasteiger partial charge in [0.15, 0.2) is 5.82 Å². The highest BCUT2D eigenvalue weighted by atomic mass is 35.5. The van der Waals surface area contributed by atoms with Crippen LogP contribution < -0.4 is 25.6 Å². The van der Waals surface area contributed by atoms with Crippen LogP contribution in [-0.4, -0.2) is 35.4 Å². The standard InChI is InChI=1S/C25H26ClFN6O3/c1-5-23(35)29-22-12-18(36-4)8-10-21(22)30-24-19(26)14-28-25(32-24)31-20-9-7-17(11-16(20)13-27)33(6-2)15(3)34/h5,7-12,14H,1,6,13H2,2-4H3,(H,29,35)(H2,28,30,31,32). The average Bonchev–Trinajstić information content (AvgIpc) is 2.87. The maximum Gasteiger partial charge on any atom is 0.247 e. The number of nitrogens with zero attached hydrogens (tertiary/aromatic N) is 3. The van der Waals surface area contributed by atoms with Gasteiger partial charge in [-0.2, -0.15) is 4.98 Å². The fourth-order valence-corrected chi connectivity index (χ4v) is 3.52. The Labute approximate surface area is 213 Å². The molecule has 11 heteroatoms. The van der Waals surface area contributed by atoms with E-state index < -0.39 is 12.6 Å². The third-order valence-corrected chi connectivity index (χ3v) is 5.43. The smallest absolute Gasteiger partial charge is 0.247 e. The summed E-state index contributed by atoms with van der Waals surface area (Å²) in [7, 11) is 1.51. The van der Waals surface area contributed by atoms with Crippen LogP contribution in [-0.2, 0) is 16.3 Å². The van der Waals surface area contributed by atoms with Crippen LogP contribution >= 0.6 is 11.6 Å². The van der Waals surface area contributed by atoms with Gasteiger partial charge in [-0.25, -0.2) is 9.37 Å². The summed E-state index contributed by atoms with van der Waals surface area (Å²) in [6.45, 7) is 6.46. The second-order valence-electron chi connectivity index (χ2n) is 7.48. The zero-order valence-corrected chi connectivity index (χ0v) is 20.8. The van der Waals surface area contributed by atoms with E-state index in [2.05, 4.69) is 32.5 Å². The molecule has 0 unspecified atom stereocenters. The third kappa shape index (κ3) is 6.28. The van der Waals surface area contributed by atoms with Gasteiger partial charge in [0.05, 0.1) is 24.7 Å². The Morgan fingerprint density at radius 1 is 1.17 bits per heavy atom. The Bertz CT molecular complexity index is 1290. The van der Waals surface area contributed by atoms with Crippen molar-refractivity contribution in [2.45, 2.75) is 20.5 Å². The van der Waals surface area contributed by atoms with E-state index in [9.17, 15) is 14.0 Å². The topological polar surface area (TPSA) is 108 Å². The van der Waals surface area contributed by atoms with Crippen LogP contribution in [0.5, 0.6) is 5.75 Å². The molecule has 0 fully saturated rings. The van der Waals surface area contributed by atoms with Crippen molar-refractivity contribution in [3.63, 3.8) is 0 Å². The van der Waals surface area contributed by atoms with Crippen molar-refractivity contribution in [2.75, 3.05) is 34.5 Å². The summed E-state index contributed by atoms with van der Waals surface area (Å²) in [6.07, 6.45) is 2.54. The molecule has 0 atom stereocenters. The minimum atomic E-state index is -0.761. The Kier molecular flexibility index (Phi) is 8.80. The second-order valence-corrected chi connectivity index (χ2v) is 7.89. The molecule has 1 heterocycles. The first-order valence-electron chi connectivity index (χ1n) is 10.9. The molecule has 0 radical (unpaired) electrons. The Hall–Kier alpha value is -4.18. The van der Waals surface area contributed by atoms with E-state index in [0.29, 0.717) is 40.6 Å². The minimum Gasteiger partial charge on any atom is -0.497 e. The molecule has 3 N–H and O–H groups in total. The second kappa shape index (κ2) is 12.0. The summed E-state index contributed by atoms with van der Waals surface area (Å²) in [6, 6.07) is 10.0. The maximum absolute atomic E-state index is 13.8. The van der Waals surface area contributed by atoms with E-state index >= 15 is 0 Å². The van der Waals surface area contributed by atoms with Gasteiger partial charge in [-0.1, -0.05) is 18.2 Å². The van der Waals surface area contributed by atoms with Gasteiger partial charge in [0.25, 0.3) is 0 Å². The number of aromatic nitrogens is 2. The van der Waals surface area contributed by atoms with Gasteiger partial charge in [0, 0.05) is 36.5 Å². The molecule has 2 aromatic carbocycles. The van der Waals surface area contributed by atoms with Gasteiger partial charge in [-0.15, -0.1) is 0 Å². The number of hydrogen-bond acceptors (Lipinski definition) is 7. The van der Waals surface area contributed by atoms with Crippen LogP contribution in [0, 0.1) is 0 Å². The number of alkyl halides is 1. The van der Waals surface area contributed by atoms with Crippen LogP contribution in [0.1, 0.15) is 19.4 Å². The summed E-state index contributed by atoms with van der Waals surface area (Å²) in [5.74, 6) is 0.400. The molecule has 0 bridgehead atoms. The molecule has 0 aliphatic heterocycles. The van der Waals surface area contributed by atoms with Gasteiger partial charge >= 0.3 is 0 Å². The number of methoxy groups -OCH3 is 1. The highest BCUT2D eigenvalue weighted by Crippen LogP contribution is 2.33. The number of halogens is 2. The summed E-state index contributed by atoms with van der Waals surface area (Å²) < 4.78 is 19.1. The number of nitrogens with one attached hydrogen (secondary N) is 3. The van der Waals surface area contributed by atoms with Crippen molar-refractivity contribution < 1.29 is 18.7 Å². The van der Waals surface area contributed by atoms with Gasteiger partial charge in [0.2, 0.25) is 17.8 Å². The zero-order valence-electron chi connectivity index (χ0n) is 20.1. The Morgan fingerprint density at radius 3 is 2.56 bits per heavy atom. The zero-order chi connectivity index (χ0) is 26.2. The molecule has 0 aliphatic rings. The SMILES string of the molecule is C=CC(=O)Nc1cc(OC)ccc1Nc1nc(Nc2ccc(N(CC)C(C)=O)cc2CF)ncc1Cl. The van der Waals surface area contributed by atoms with Crippen LogP contribution in [0.2, 0.25) is 5.02 Å². The van der Waals surface area contributed by atoms with E-state index in [-0.39, 0.29) is 22.7 Å². The van der Waals surface area contributed by atoms with Crippen LogP contribution in [0.4, 0.5) is 38.9 Å². The molecule has 3 rings (SSSR count). The van der Waals surface area contributed by atoms with E-state index in [4.69, 9.17) is 16.3 Å². The lowest BCUT2D eigenvalue weighted by Crippen LogP contribution is -2.27. The number of anilines is 6. The van der Waals surface area contributed by atoms with E-state index in [1.807, 2.05) is 6.92 Å². The summed E-state index contributed by atoms with van der Waals surface area (Å²) in [4.78, 5) is 33.9. The number of carbonyl (C=O) groups excluding carboxylic acids is 2. The number of ether oxygens (including phenoxy) is 1. The highest BCUT2D eigenvalue weighted by molar-refractivity contribution is 6.33. The van der Waals surface area contributed by atoms with E-state index in [1.165, 1.54) is 20.2 Å². The monoisotopic (exact) mass is 512 g/mol. The average molecular weight is 513 g/mol. The molecular formula is C25H26ClFN6O3. The molecular weight excluding hydrogens is 487 g/mol. The Morgan fingerprint density at radius 2 is 1.92 bits per heavy atom. The molecule has 0 spiro atoms. The maximum atomic E-state index is 13.8.